The average Bonchev–Trinajstić information content (AvgIpc) is 3.50. The van der Waals surface area contributed by atoms with E-state index in [1.807, 2.05) is 12.1 Å². The van der Waals surface area contributed by atoms with E-state index in [-0.39, 0.29) is 0 Å². The van der Waals surface area contributed by atoms with E-state index in [1.165, 1.54) is 36.1 Å². The first-order chi connectivity index (χ1) is 14.6. The lowest BCUT2D eigenvalue weighted by atomic mass is 9.79. The second-order valence-corrected chi connectivity index (χ2v) is 9.64. The Kier molecular flexibility index (Phi) is 5.04. The summed E-state index contributed by atoms with van der Waals surface area (Å²) in [7, 11) is 1.70. The number of hydrogen-bond acceptors (Lipinski definition) is 3. The van der Waals surface area contributed by atoms with Crippen molar-refractivity contribution in [2.24, 2.45) is 11.3 Å². The van der Waals surface area contributed by atoms with Crippen LogP contribution in [0.2, 0.25) is 0 Å². The molecule has 1 aromatic carbocycles. The van der Waals surface area contributed by atoms with Crippen LogP contribution in [0.15, 0.2) is 36.4 Å². The molecule has 0 N–H and O–H groups in total. The molecule has 3 aliphatic rings. The molecular weight excluding hydrogens is 372 g/mol. The molecule has 1 amide bonds. The van der Waals surface area contributed by atoms with Crippen LogP contribution in [0.1, 0.15) is 67.0 Å². The largest absolute Gasteiger partial charge is 0.497 e. The summed E-state index contributed by atoms with van der Waals surface area (Å²) in [5.41, 5.74) is 5.31. The van der Waals surface area contributed by atoms with Crippen molar-refractivity contribution in [1.29, 1.82) is 0 Å². The van der Waals surface area contributed by atoms with Crippen molar-refractivity contribution in [1.82, 2.24) is 9.88 Å². The molecule has 1 aliphatic heterocycles. The van der Waals surface area contributed by atoms with Crippen LogP contribution in [0, 0.1) is 18.3 Å². The number of benzene rings is 1. The summed E-state index contributed by atoms with van der Waals surface area (Å²) in [6.45, 7) is 3.86. The van der Waals surface area contributed by atoms with Gasteiger partial charge in [0, 0.05) is 36.3 Å². The van der Waals surface area contributed by atoms with E-state index in [0.29, 0.717) is 23.2 Å². The molecular formula is C26H32N2O2. The van der Waals surface area contributed by atoms with Gasteiger partial charge in [0.1, 0.15) is 5.75 Å². The van der Waals surface area contributed by atoms with Gasteiger partial charge in [0.25, 0.3) is 0 Å². The normalized spacial score (nSPS) is 22.6. The number of piperidine rings is 1. The molecule has 4 nitrogen and oxygen atoms in total. The molecule has 1 atom stereocenters. The zero-order valence-corrected chi connectivity index (χ0v) is 18.2. The number of carbonyl (C=O) groups excluding carboxylic acids is 1. The standard InChI is InChI=1S/C26H32N2O2/c1-18-14-20(15-19-4-6-22(30-2)7-5-19)16-24(27-18)21-8-12-28(13-9-21)25(29)23-17-26(23)10-3-11-26/h4-7,14,16,21,23H,3,8-13,15,17H2,1-2H3. The molecule has 2 saturated carbocycles. The van der Waals surface area contributed by atoms with Gasteiger partial charge < -0.3 is 9.64 Å². The average molecular weight is 405 g/mol. The first kappa shape index (κ1) is 19.6. The zero-order chi connectivity index (χ0) is 20.7. The molecule has 1 saturated heterocycles. The van der Waals surface area contributed by atoms with Crippen LogP contribution in [0.4, 0.5) is 0 Å². The molecule has 1 spiro atoms. The highest BCUT2D eigenvalue weighted by Crippen LogP contribution is 2.66. The van der Waals surface area contributed by atoms with Gasteiger partial charge in [-0.25, -0.2) is 0 Å². The van der Waals surface area contributed by atoms with E-state index in [2.05, 4.69) is 36.1 Å². The lowest BCUT2D eigenvalue weighted by molar-refractivity contribution is -0.135. The number of carbonyl (C=O) groups is 1. The summed E-state index contributed by atoms with van der Waals surface area (Å²) in [4.78, 5) is 19.9. The Morgan fingerprint density at radius 3 is 2.47 bits per heavy atom. The molecule has 0 radical (unpaired) electrons. The number of likely N-dealkylation sites (tertiary alicyclic amines) is 1. The van der Waals surface area contributed by atoms with E-state index in [9.17, 15) is 4.79 Å². The smallest absolute Gasteiger partial charge is 0.226 e. The minimum atomic E-state index is 0.344. The Hall–Kier alpha value is -2.36. The third-order valence-corrected chi connectivity index (χ3v) is 7.66. The van der Waals surface area contributed by atoms with Gasteiger partial charge in [-0.05, 0) is 86.3 Å². The number of nitrogens with zero attached hydrogens (tertiary/aromatic N) is 2. The van der Waals surface area contributed by atoms with Crippen LogP contribution in [-0.2, 0) is 11.2 Å². The number of aryl methyl sites for hydroxylation is 1. The van der Waals surface area contributed by atoms with Crippen molar-refractivity contribution < 1.29 is 9.53 Å². The monoisotopic (exact) mass is 404 g/mol. The fourth-order valence-electron chi connectivity index (χ4n) is 5.55. The van der Waals surface area contributed by atoms with Gasteiger partial charge in [-0.15, -0.1) is 0 Å². The number of rotatable bonds is 5. The van der Waals surface area contributed by atoms with Crippen LogP contribution < -0.4 is 4.74 Å². The summed E-state index contributed by atoms with van der Waals surface area (Å²) in [6, 6.07) is 12.8. The second-order valence-electron chi connectivity index (χ2n) is 9.64. The van der Waals surface area contributed by atoms with Crippen molar-refractivity contribution >= 4 is 5.91 Å². The first-order valence-electron chi connectivity index (χ1n) is 11.5. The maximum Gasteiger partial charge on any atom is 0.226 e. The van der Waals surface area contributed by atoms with Gasteiger partial charge in [0.05, 0.1) is 7.11 Å². The number of aromatic nitrogens is 1. The number of hydrogen-bond donors (Lipinski definition) is 0. The first-order valence-corrected chi connectivity index (χ1v) is 11.5. The summed E-state index contributed by atoms with van der Waals surface area (Å²) < 4.78 is 5.26. The van der Waals surface area contributed by atoms with Crippen LogP contribution in [0.5, 0.6) is 5.75 Å². The third-order valence-electron chi connectivity index (χ3n) is 7.66. The van der Waals surface area contributed by atoms with Crippen LogP contribution in [-0.4, -0.2) is 36.0 Å². The number of pyridine rings is 1. The molecule has 1 unspecified atom stereocenters. The Morgan fingerprint density at radius 2 is 1.87 bits per heavy atom. The fourth-order valence-corrected chi connectivity index (χ4v) is 5.55. The lowest BCUT2D eigenvalue weighted by Crippen LogP contribution is -2.40. The van der Waals surface area contributed by atoms with Gasteiger partial charge in [0.2, 0.25) is 5.91 Å². The Bertz CT molecular complexity index is 925. The predicted molar refractivity (Wildman–Crippen MR) is 118 cm³/mol. The SMILES string of the molecule is COc1ccc(Cc2cc(C)nc(C3CCN(C(=O)C4CC45CCC5)CC3)c2)cc1. The molecule has 2 aliphatic carbocycles. The molecule has 2 aromatic rings. The van der Waals surface area contributed by atoms with Crippen molar-refractivity contribution in [3.63, 3.8) is 0 Å². The van der Waals surface area contributed by atoms with E-state index >= 15 is 0 Å². The lowest BCUT2D eigenvalue weighted by Gasteiger charge is -2.34. The summed E-state index contributed by atoms with van der Waals surface area (Å²) in [5.74, 6) is 2.13. The zero-order valence-electron chi connectivity index (χ0n) is 18.2. The fraction of sp³-hybridized carbons (Fsp3) is 0.538. The van der Waals surface area contributed by atoms with Crippen LogP contribution >= 0.6 is 0 Å². The summed E-state index contributed by atoms with van der Waals surface area (Å²) in [6.07, 6.45) is 8.01. The van der Waals surface area contributed by atoms with Gasteiger partial charge in [0.15, 0.2) is 0 Å². The number of ether oxygens (including phenoxy) is 1. The quantitative estimate of drug-likeness (QED) is 0.713. The van der Waals surface area contributed by atoms with E-state index < -0.39 is 0 Å². The number of methoxy groups -OCH3 is 1. The molecule has 3 fully saturated rings. The Labute approximate surface area is 179 Å². The topological polar surface area (TPSA) is 42.4 Å². The van der Waals surface area contributed by atoms with Crippen LogP contribution in [0.25, 0.3) is 0 Å². The third kappa shape index (κ3) is 3.73. The van der Waals surface area contributed by atoms with Gasteiger partial charge in [-0.3, -0.25) is 9.78 Å². The molecule has 4 heteroatoms. The molecule has 5 rings (SSSR count). The maximum atomic E-state index is 12.9. The molecule has 0 bridgehead atoms. The van der Waals surface area contributed by atoms with Crippen molar-refractivity contribution in [3.8, 4) is 5.75 Å². The highest BCUT2D eigenvalue weighted by molar-refractivity contribution is 5.83. The maximum absolute atomic E-state index is 12.9. The van der Waals surface area contributed by atoms with Crippen molar-refractivity contribution in [2.75, 3.05) is 20.2 Å². The Morgan fingerprint density at radius 1 is 1.13 bits per heavy atom. The van der Waals surface area contributed by atoms with E-state index in [4.69, 9.17) is 9.72 Å². The minimum absolute atomic E-state index is 0.344. The van der Waals surface area contributed by atoms with Crippen molar-refractivity contribution in [2.45, 2.75) is 57.8 Å². The molecule has 1 aromatic heterocycles. The highest BCUT2D eigenvalue weighted by Gasteiger charge is 2.61. The summed E-state index contributed by atoms with van der Waals surface area (Å²) >= 11 is 0. The van der Waals surface area contributed by atoms with Crippen molar-refractivity contribution in [3.05, 3.63) is 58.9 Å². The van der Waals surface area contributed by atoms with E-state index in [1.54, 1.807) is 7.11 Å². The van der Waals surface area contributed by atoms with Gasteiger partial charge >= 0.3 is 0 Å². The Balaban J connectivity index is 1.22. The summed E-state index contributed by atoms with van der Waals surface area (Å²) in [5, 5.41) is 0. The minimum Gasteiger partial charge on any atom is -0.497 e. The van der Waals surface area contributed by atoms with E-state index in [0.717, 1.165) is 50.2 Å². The second kappa shape index (κ2) is 7.72. The van der Waals surface area contributed by atoms with Gasteiger partial charge in [-0.2, -0.15) is 0 Å². The predicted octanol–water partition coefficient (Wildman–Crippen LogP) is 4.89. The van der Waals surface area contributed by atoms with Crippen LogP contribution in [0.3, 0.4) is 0 Å². The highest BCUT2D eigenvalue weighted by atomic mass is 16.5. The van der Waals surface area contributed by atoms with Gasteiger partial charge in [-0.1, -0.05) is 18.6 Å². The molecule has 2 heterocycles. The molecule has 30 heavy (non-hydrogen) atoms. The molecule has 158 valence electrons. The number of amides is 1.